The van der Waals surface area contributed by atoms with E-state index < -0.39 is 29.9 Å². The number of urea groups is 1. The lowest BCUT2D eigenvalue weighted by Gasteiger charge is -2.30. The average Bonchev–Trinajstić information content (AvgIpc) is 2.96. The van der Waals surface area contributed by atoms with Gasteiger partial charge in [-0.05, 0) is 38.0 Å². The second-order valence-electron chi connectivity index (χ2n) is 7.27. The van der Waals surface area contributed by atoms with Gasteiger partial charge in [0.25, 0.3) is 17.7 Å². The van der Waals surface area contributed by atoms with Crippen LogP contribution >= 0.6 is 0 Å². The fourth-order valence-corrected chi connectivity index (χ4v) is 3.78. The van der Waals surface area contributed by atoms with Gasteiger partial charge in [-0.25, -0.2) is 4.79 Å². The van der Waals surface area contributed by atoms with E-state index >= 15 is 0 Å². The molecule has 10 nitrogen and oxygen atoms in total. The number of hydrogen-bond acceptors (Lipinski definition) is 6. The van der Waals surface area contributed by atoms with Crippen molar-refractivity contribution in [2.24, 2.45) is 0 Å². The van der Waals surface area contributed by atoms with Crippen molar-refractivity contribution < 1.29 is 28.7 Å². The van der Waals surface area contributed by atoms with Gasteiger partial charge in [-0.3, -0.25) is 30.1 Å². The molecule has 0 atom stereocenters. The number of carbonyl (C=O) groups is 4. The van der Waals surface area contributed by atoms with Crippen LogP contribution in [0, 0.1) is 0 Å². The van der Waals surface area contributed by atoms with Gasteiger partial charge in [0.15, 0.2) is 11.5 Å². The highest BCUT2D eigenvalue weighted by Crippen LogP contribution is 2.33. The summed E-state index contributed by atoms with van der Waals surface area (Å²) in [6, 6.07) is 4.02. The molecule has 1 heterocycles. The Bertz CT molecular complexity index is 850. The molecule has 1 aromatic carbocycles. The molecule has 1 spiro atoms. The van der Waals surface area contributed by atoms with Crippen LogP contribution < -0.4 is 25.6 Å². The highest BCUT2D eigenvalue weighted by molar-refractivity contribution is 6.09. The van der Waals surface area contributed by atoms with Gasteiger partial charge in [-0.2, -0.15) is 0 Å². The Balaban J connectivity index is 1.56. The zero-order valence-corrected chi connectivity index (χ0v) is 17.1. The first kappa shape index (κ1) is 21.4. The van der Waals surface area contributed by atoms with Crippen LogP contribution in [0.1, 0.15) is 49.4 Å². The fourth-order valence-electron chi connectivity index (χ4n) is 3.78. The Morgan fingerprint density at radius 1 is 1.13 bits per heavy atom. The number of imide groups is 1. The standard InChI is InChI=1S/C20H26N4O6/c1-3-30-14-8-7-13(11-15(14)29-2)17(26)23-22-16(25)12-24-18(27)20(21-19(24)28)9-5-4-6-10-20/h7-8,11H,3-6,9-10,12H2,1-2H3,(H,21,28)(H,22,25)(H,23,26). The number of ether oxygens (including phenoxy) is 2. The summed E-state index contributed by atoms with van der Waals surface area (Å²) in [5.74, 6) is -0.767. The molecular formula is C20H26N4O6. The van der Waals surface area contributed by atoms with Crippen molar-refractivity contribution in [1.82, 2.24) is 21.1 Å². The number of nitrogens with one attached hydrogen (secondary N) is 3. The van der Waals surface area contributed by atoms with Crippen LogP contribution in [0.15, 0.2) is 18.2 Å². The van der Waals surface area contributed by atoms with Crippen molar-refractivity contribution >= 4 is 23.8 Å². The van der Waals surface area contributed by atoms with Gasteiger partial charge >= 0.3 is 6.03 Å². The monoisotopic (exact) mass is 418 g/mol. The molecule has 1 aromatic rings. The molecule has 1 saturated carbocycles. The summed E-state index contributed by atoms with van der Waals surface area (Å²) in [5, 5.41) is 2.74. The van der Waals surface area contributed by atoms with E-state index in [0.717, 1.165) is 24.2 Å². The maximum Gasteiger partial charge on any atom is 0.325 e. The van der Waals surface area contributed by atoms with E-state index in [4.69, 9.17) is 9.47 Å². The molecule has 1 aliphatic carbocycles. The van der Waals surface area contributed by atoms with Crippen LogP contribution in [0.3, 0.4) is 0 Å². The molecule has 162 valence electrons. The predicted octanol–water partition coefficient (Wildman–Crippen LogP) is 1.11. The molecule has 2 fully saturated rings. The lowest BCUT2D eigenvalue weighted by Crippen LogP contribution is -2.50. The van der Waals surface area contributed by atoms with Crippen molar-refractivity contribution in [1.29, 1.82) is 0 Å². The molecule has 3 N–H and O–H groups in total. The summed E-state index contributed by atoms with van der Waals surface area (Å²) in [6.07, 6.45) is 3.88. The molecule has 30 heavy (non-hydrogen) atoms. The minimum atomic E-state index is -0.891. The quantitative estimate of drug-likeness (QED) is 0.469. The SMILES string of the molecule is CCOc1ccc(C(=O)NNC(=O)CN2C(=O)NC3(CCCCC3)C2=O)cc1OC. The van der Waals surface area contributed by atoms with E-state index in [2.05, 4.69) is 16.2 Å². The van der Waals surface area contributed by atoms with Gasteiger partial charge in [-0.1, -0.05) is 19.3 Å². The van der Waals surface area contributed by atoms with Crippen LogP contribution in [-0.4, -0.2) is 54.5 Å². The van der Waals surface area contributed by atoms with E-state index in [0.29, 0.717) is 30.9 Å². The van der Waals surface area contributed by atoms with Crippen LogP contribution in [0.4, 0.5) is 4.79 Å². The number of hydrogen-bond donors (Lipinski definition) is 3. The summed E-state index contributed by atoms with van der Waals surface area (Å²) in [5.41, 5.74) is 3.86. The topological polar surface area (TPSA) is 126 Å². The summed E-state index contributed by atoms with van der Waals surface area (Å²) in [6.45, 7) is 1.80. The molecule has 2 aliphatic rings. The minimum absolute atomic E-state index is 0.242. The summed E-state index contributed by atoms with van der Waals surface area (Å²) in [4.78, 5) is 50.3. The number of methoxy groups -OCH3 is 1. The highest BCUT2D eigenvalue weighted by Gasteiger charge is 2.51. The lowest BCUT2D eigenvalue weighted by molar-refractivity contribution is -0.136. The first-order valence-corrected chi connectivity index (χ1v) is 9.94. The molecule has 0 aromatic heterocycles. The Morgan fingerprint density at radius 2 is 1.87 bits per heavy atom. The normalized spacial score (nSPS) is 17.5. The average molecular weight is 418 g/mol. The molecule has 1 saturated heterocycles. The Labute approximate surface area is 174 Å². The van der Waals surface area contributed by atoms with Crippen LogP contribution in [0.5, 0.6) is 11.5 Å². The maximum absolute atomic E-state index is 12.7. The van der Waals surface area contributed by atoms with Gasteiger partial charge in [0.05, 0.1) is 13.7 Å². The van der Waals surface area contributed by atoms with E-state index in [9.17, 15) is 19.2 Å². The van der Waals surface area contributed by atoms with Crippen molar-refractivity contribution in [2.45, 2.75) is 44.6 Å². The van der Waals surface area contributed by atoms with Gasteiger partial charge in [0.2, 0.25) is 0 Å². The molecule has 0 bridgehead atoms. The summed E-state index contributed by atoms with van der Waals surface area (Å²) < 4.78 is 10.6. The number of amides is 5. The lowest BCUT2D eigenvalue weighted by atomic mass is 9.82. The molecular weight excluding hydrogens is 392 g/mol. The zero-order chi connectivity index (χ0) is 21.7. The minimum Gasteiger partial charge on any atom is -0.493 e. The molecule has 10 heteroatoms. The molecule has 3 rings (SSSR count). The molecule has 5 amide bonds. The Hall–Kier alpha value is -3.30. The predicted molar refractivity (Wildman–Crippen MR) is 106 cm³/mol. The van der Waals surface area contributed by atoms with Gasteiger partial charge in [-0.15, -0.1) is 0 Å². The van der Waals surface area contributed by atoms with Crippen LogP contribution in [0.25, 0.3) is 0 Å². The number of benzene rings is 1. The number of rotatable bonds is 6. The maximum atomic E-state index is 12.7. The van der Waals surface area contributed by atoms with Crippen molar-refractivity contribution in [3.8, 4) is 11.5 Å². The largest absolute Gasteiger partial charge is 0.493 e. The van der Waals surface area contributed by atoms with E-state index in [1.807, 2.05) is 6.92 Å². The molecule has 1 aliphatic heterocycles. The smallest absolute Gasteiger partial charge is 0.325 e. The number of carbonyl (C=O) groups excluding carboxylic acids is 4. The number of hydrazine groups is 1. The van der Waals surface area contributed by atoms with Gasteiger partial charge < -0.3 is 14.8 Å². The second-order valence-corrected chi connectivity index (χ2v) is 7.27. The summed E-state index contributed by atoms with van der Waals surface area (Å²) >= 11 is 0. The first-order valence-electron chi connectivity index (χ1n) is 9.94. The van der Waals surface area contributed by atoms with E-state index in [-0.39, 0.29) is 11.5 Å². The summed E-state index contributed by atoms with van der Waals surface area (Å²) in [7, 11) is 1.46. The van der Waals surface area contributed by atoms with E-state index in [1.54, 1.807) is 6.07 Å². The van der Waals surface area contributed by atoms with Crippen molar-refractivity contribution in [2.75, 3.05) is 20.3 Å². The van der Waals surface area contributed by atoms with Crippen LogP contribution in [-0.2, 0) is 9.59 Å². The third-order valence-electron chi connectivity index (χ3n) is 5.30. The van der Waals surface area contributed by atoms with Crippen LogP contribution in [0.2, 0.25) is 0 Å². The second kappa shape index (κ2) is 9.02. The highest BCUT2D eigenvalue weighted by atomic mass is 16.5. The third-order valence-corrected chi connectivity index (χ3v) is 5.30. The van der Waals surface area contributed by atoms with Gasteiger partial charge in [0.1, 0.15) is 12.1 Å². The van der Waals surface area contributed by atoms with E-state index in [1.165, 1.54) is 19.2 Å². The van der Waals surface area contributed by atoms with Crippen molar-refractivity contribution in [3.05, 3.63) is 23.8 Å². The van der Waals surface area contributed by atoms with Crippen molar-refractivity contribution in [3.63, 3.8) is 0 Å². The number of nitrogens with zero attached hydrogens (tertiary/aromatic N) is 1. The Morgan fingerprint density at radius 3 is 2.53 bits per heavy atom. The molecule has 0 radical (unpaired) electrons. The first-order chi connectivity index (χ1) is 14.4. The zero-order valence-electron chi connectivity index (χ0n) is 17.1. The Kier molecular flexibility index (Phi) is 6.43. The van der Waals surface area contributed by atoms with Gasteiger partial charge in [0, 0.05) is 5.56 Å². The third kappa shape index (κ3) is 4.32. The fraction of sp³-hybridized carbons (Fsp3) is 0.500. The molecule has 0 unspecified atom stereocenters.